The standard InChI is InChI=1S/C21H29N3O5S/c1-12-7-6-8-15(13(12)2)22-18(25)11-30-21-24-23-20(29-21)14-9-16(26-3)19(28-5)17(10-14)27-4/h9-10,12-13,15H,6-8,11H2,1-5H3,(H,22,25)/t12-,13-,15+/m0/s1. The second-order valence-electron chi connectivity index (χ2n) is 7.52. The second-order valence-corrected chi connectivity index (χ2v) is 8.44. The molecule has 0 aliphatic heterocycles. The van der Waals surface area contributed by atoms with E-state index in [0.29, 0.717) is 45.8 Å². The van der Waals surface area contributed by atoms with Gasteiger partial charge in [-0.2, -0.15) is 0 Å². The summed E-state index contributed by atoms with van der Waals surface area (Å²) in [6.07, 6.45) is 3.42. The molecule has 8 nitrogen and oxygen atoms in total. The minimum absolute atomic E-state index is 0.0153. The molecule has 1 aromatic heterocycles. The van der Waals surface area contributed by atoms with Gasteiger partial charge in [-0.15, -0.1) is 10.2 Å². The largest absolute Gasteiger partial charge is 0.493 e. The van der Waals surface area contributed by atoms with Crippen LogP contribution in [-0.4, -0.2) is 49.2 Å². The van der Waals surface area contributed by atoms with Crippen molar-refractivity contribution in [1.82, 2.24) is 15.5 Å². The predicted molar refractivity (Wildman–Crippen MR) is 114 cm³/mol. The molecule has 1 amide bonds. The summed E-state index contributed by atoms with van der Waals surface area (Å²) in [5.74, 6) is 3.13. The van der Waals surface area contributed by atoms with Crippen molar-refractivity contribution in [1.29, 1.82) is 0 Å². The normalized spacial score (nSPS) is 21.2. The van der Waals surface area contributed by atoms with E-state index < -0.39 is 0 Å². The lowest BCUT2D eigenvalue weighted by atomic mass is 9.78. The van der Waals surface area contributed by atoms with Crippen LogP contribution in [0.4, 0.5) is 0 Å². The van der Waals surface area contributed by atoms with Crippen LogP contribution in [0, 0.1) is 11.8 Å². The molecule has 3 atom stereocenters. The number of nitrogens with one attached hydrogen (secondary N) is 1. The molecule has 1 aromatic carbocycles. The Morgan fingerprint density at radius 1 is 1.13 bits per heavy atom. The molecule has 1 saturated carbocycles. The molecule has 3 rings (SSSR count). The first kappa shape index (κ1) is 22.3. The number of aromatic nitrogens is 2. The first-order valence-corrected chi connectivity index (χ1v) is 11.0. The van der Waals surface area contributed by atoms with Crippen LogP contribution >= 0.6 is 11.8 Å². The summed E-state index contributed by atoms with van der Waals surface area (Å²) in [6, 6.07) is 3.71. The average molecular weight is 436 g/mol. The second kappa shape index (κ2) is 10.1. The fourth-order valence-corrected chi connectivity index (χ4v) is 4.33. The maximum Gasteiger partial charge on any atom is 0.277 e. The van der Waals surface area contributed by atoms with E-state index in [1.807, 2.05) is 0 Å². The lowest BCUT2D eigenvalue weighted by Gasteiger charge is -2.34. The summed E-state index contributed by atoms with van der Waals surface area (Å²) in [5, 5.41) is 11.6. The van der Waals surface area contributed by atoms with Crippen LogP contribution in [0.5, 0.6) is 17.2 Å². The van der Waals surface area contributed by atoms with Crippen molar-refractivity contribution in [3.05, 3.63) is 12.1 Å². The molecule has 30 heavy (non-hydrogen) atoms. The van der Waals surface area contributed by atoms with E-state index in [1.165, 1.54) is 18.2 Å². The van der Waals surface area contributed by atoms with Gasteiger partial charge in [0.1, 0.15) is 0 Å². The summed E-state index contributed by atoms with van der Waals surface area (Å²) in [5.41, 5.74) is 0.637. The number of nitrogens with zero attached hydrogens (tertiary/aromatic N) is 2. The molecule has 0 radical (unpaired) electrons. The number of ether oxygens (including phenoxy) is 3. The molecular formula is C21H29N3O5S. The first-order valence-electron chi connectivity index (χ1n) is 10.0. The fourth-order valence-electron chi connectivity index (χ4n) is 3.75. The average Bonchev–Trinajstić information content (AvgIpc) is 3.23. The monoisotopic (exact) mass is 435 g/mol. The van der Waals surface area contributed by atoms with E-state index in [2.05, 4.69) is 29.4 Å². The van der Waals surface area contributed by atoms with Gasteiger partial charge in [0.25, 0.3) is 5.22 Å². The van der Waals surface area contributed by atoms with E-state index in [0.717, 1.165) is 12.8 Å². The highest BCUT2D eigenvalue weighted by Crippen LogP contribution is 2.41. The predicted octanol–water partition coefficient (Wildman–Crippen LogP) is 3.80. The van der Waals surface area contributed by atoms with E-state index >= 15 is 0 Å². The van der Waals surface area contributed by atoms with Gasteiger partial charge in [-0.25, -0.2) is 0 Å². The Morgan fingerprint density at radius 3 is 2.47 bits per heavy atom. The number of methoxy groups -OCH3 is 3. The molecule has 0 bridgehead atoms. The van der Waals surface area contributed by atoms with Gasteiger partial charge in [-0.05, 0) is 30.4 Å². The zero-order chi connectivity index (χ0) is 21.7. The molecule has 0 unspecified atom stereocenters. The lowest BCUT2D eigenvalue weighted by Crippen LogP contribution is -2.44. The zero-order valence-corrected chi connectivity index (χ0v) is 18.9. The molecule has 2 aromatic rings. The van der Waals surface area contributed by atoms with Crippen LogP contribution in [0.3, 0.4) is 0 Å². The molecule has 164 valence electrons. The van der Waals surface area contributed by atoms with Crippen LogP contribution in [0.1, 0.15) is 33.1 Å². The van der Waals surface area contributed by atoms with Crippen molar-refractivity contribution in [2.24, 2.45) is 11.8 Å². The third kappa shape index (κ3) is 5.00. The minimum Gasteiger partial charge on any atom is -0.493 e. The summed E-state index contributed by atoms with van der Waals surface area (Å²) < 4.78 is 21.8. The van der Waals surface area contributed by atoms with Crippen LogP contribution in [0.2, 0.25) is 0 Å². The Kier molecular flexibility index (Phi) is 7.47. The van der Waals surface area contributed by atoms with Gasteiger partial charge >= 0.3 is 0 Å². The van der Waals surface area contributed by atoms with Gasteiger partial charge < -0.3 is 23.9 Å². The van der Waals surface area contributed by atoms with E-state index in [1.54, 1.807) is 33.5 Å². The maximum absolute atomic E-state index is 12.4. The SMILES string of the molecule is COc1cc(-c2nnc(SCC(=O)N[C@@H]3CCC[C@H](C)[C@@H]3C)o2)cc(OC)c1OC. The van der Waals surface area contributed by atoms with Crippen LogP contribution in [0.25, 0.3) is 11.5 Å². The summed E-state index contributed by atoms with van der Waals surface area (Å²) in [4.78, 5) is 12.4. The molecular weight excluding hydrogens is 406 g/mol. The summed E-state index contributed by atoms with van der Waals surface area (Å²) >= 11 is 1.22. The molecule has 1 heterocycles. The first-order chi connectivity index (χ1) is 14.5. The number of thioether (sulfide) groups is 1. The van der Waals surface area contributed by atoms with Crippen molar-refractivity contribution < 1.29 is 23.4 Å². The number of amides is 1. The molecule has 1 N–H and O–H groups in total. The van der Waals surface area contributed by atoms with Gasteiger partial charge in [0.05, 0.1) is 27.1 Å². The highest BCUT2D eigenvalue weighted by Gasteiger charge is 2.28. The van der Waals surface area contributed by atoms with Gasteiger partial charge in [-0.3, -0.25) is 4.79 Å². The number of carbonyl (C=O) groups is 1. The smallest absolute Gasteiger partial charge is 0.277 e. The van der Waals surface area contributed by atoms with E-state index in [4.69, 9.17) is 18.6 Å². The lowest BCUT2D eigenvalue weighted by molar-refractivity contribution is -0.120. The quantitative estimate of drug-likeness (QED) is 0.626. The number of rotatable bonds is 8. The van der Waals surface area contributed by atoms with Crippen molar-refractivity contribution in [3.63, 3.8) is 0 Å². The Hall–Kier alpha value is -2.42. The Balaban J connectivity index is 1.63. The van der Waals surface area contributed by atoms with Crippen LogP contribution < -0.4 is 19.5 Å². The molecule has 1 fully saturated rings. The van der Waals surface area contributed by atoms with Gasteiger partial charge in [0.15, 0.2) is 11.5 Å². The van der Waals surface area contributed by atoms with E-state index in [9.17, 15) is 4.79 Å². The minimum atomic E-state index is -0.0153. The van der Waals surface area contributed by atoms with Crippen LogP contribution in [0.15, 0.2) is 21.8 Å². The Bertz CT molecular complexity index is 847. The molecule has 9 heteroatoms. The van der Waals surface area contributed by atoms with Gasteiger partial charge in [-0.1, -0.05) is 38.5 Å². The Labute approximate surface area is 181 Å². The number of benzene rings is 1. The molecule has 1 aliphatic rings. The topological polar surface area (TPSA) is 95.7 Å². The number of hydrogen-bond acceptors (Lipinski definition) is 8. The number of carbonyl (C=O) groups excluding carboxylic acids is 1. The van der Waals surface area contributed by atoms with Gasteiger partial charge in [0, 0.05) is 11.6 Å². The highest BCUT2D eigenvalue weighted by molar-refractivity contribution is 7.99. The Morgan fingerprint density at radius 2 is 1.83 bits per heavy atom. The summed E-state index contributed by atoms with van der Waals surface area (Å²) in [6.45, 7) is 4.46. The third-order valence-corrected chi connectivity index (χ3v) is 6.52. The molecule has 0 spiro atoms. The van der Waals surface area contributed by atoms with Crippen molar-refractivity contribution >= 4 is 17.7 Å². The summed E-state index contributed by atoms with van der Waals surface area (Å²) in [7, 11) is 4.63. The van der Waals surface area contributed by atoms with Crippen LogP contribution in [-0.2, 0) is 4.79 Å². The van der Waals surface area contributed by atoms with E-state index in [-0.39, 0.29) is 17.7 Å². The maximum atomic E-state index is 12.4. The third-order valence-electron chi connectivity index (χ3n) is 5.70. The van der Waals surface area contributed by atoms with Crippen molar-refractivity contribution in [3.8, 4) is 28.7 Å². The highest BCUT2D eigenvalue weighted by atomic mass is 32.2. The van der Waals surface area contributed by atoms with Gasteiger partial charge in [0.2, 0.25) is 17.5 Å². The molecule has 1 aliphatic carbocycles. The van der Waals surface area contributed by atoms with Crippen molar-refractivity contribution in [2.45, 2.75) is 44.4 Å². The zero-order valence-electron chi connectivity index (χ0n) is 18.1. The fraction of sp³-hybridized carbons (Fsp3) is 0.571. The molecule has 0 saturated heterocycles. The number of hydrogen-bond donors (Lipinski definition) is 1. The van der Waals surface area contributed by atoms with Crippen molar-refractivity contribution in [2.75, 3.05) is 27.1 Å².